The van der Waals surface area contributed by atoms with Gasteiger partial charge in [-0.05, 0) is 36.2 Å². The Bertz CT molecular complexity index is 1120. The predicted molar refractivity (Wildman–Crippen MR) is 114 cm³/mol. The molecule has 1 amide bonds. The number of benzene rings is 2. The molecule has 1 N–H and O–H groups in total. The van der Waals surface area contributed by atoms with Gasteiger partial charge < -0.3 is 10.1 Å². The maximum Gasteiger partial charge on any atom is 0.225 e. The highest BCUT2D eigenvalue weighted by molar-refractivity contribution is 7.91. The van der Waals surface area contributed by atoms with Gasteiger partial charge in [0, 0.05) is 22.6 Å². The van der Waals surface area contributed by atoms with E-state index in [9.17, 15) is 13.2 Å². The Morgan fingerprint density at radius 3 is 2.52 bits per heavy atom. The van der Waals surface area contributed by atoms with Crippen molar-refractivity contribution >= 4 is 32.8 Å². The van der Waals surface area contributed by atoms with Gasteiger partial charge in [0.15, 0.2) is 0 Å². The molecule has 4 rings (SSSR count). The van der Waals surface area contributed by atoms with Gasteiger partial charge in [-0.15, -0.1) is 11.3 Å². The summed E-state index contributed by atoms with van der Waals surface area (Å²) in [7, 11) is -3.71. The summed E-state index contributed by atoms with van der Waals surface area (Å²) in [6.07, 6.45) is 1.22. The molecule has 0 saturated heterocycles. The summed E-state index contributed by atoms with van der Waals surface area (Å²) in [4.78, 5) is 13.6. The van der Waals surface area contributed by atoms with Crippen LogP contribution in [0.3, 0.4) is 0 Å². The lowest BCUT2D eigenvalue weighted by Crippen LogP contribution is -2.23. The molecule has 29 heavy (non-hydrogen) atoms. The molecular formula is C22H21NO4S2. The predicted octanol–water partition coefficient (Wildman–Crippen LogP) is 4.84. The number of rotatable bonds is 6. The van der Waals surface area contributed by atoms with E-state index >= 15 is 0 Å². The third-order valence-electron chi connectivity index (χ3n) is 4.85. The van der Waals surface area contributed by atoms with Crippen LogP contribution in [0.4, 0.5) is 5.69 Å². The zero-order valence-corrected chi connectivity index (χ0v) is 17.6. The highest BCUT2D eigenvalue weighted by Crippen LogP contribution is 2.45. The fourth-order valence-corrected chi connectivity index (χ4v) is 6.34. The van der Waals surface area contributed by atoms with Crippen molar-refractivity contribution in [1.82, 2.24) is 0 Å². The number of hydrogen-bond acceptors (Lipinski definition) is 5. The molecule has 2 aromatic carbocycles. The number of thiophene rings is 1. The van der Waals surface area contributed by atoms with Crippen molar-refractivity contribution in [3.8, 4) is 5.75 Å². The summed E-state index contributed by atoms with van der Waals surface area (Å²) < 4.78 is 31.8. The van der Waals surface area contributed by atoms with E-state index in [1.54, 1.807) is 35.7 Å². The van der Waals surface area contributed by atoms with Gasteiger partial charge in [0.05, 0.1) is 17.2 Å². The van der Waals surface area contributed by atoms with E-state index in [0.717, 1.165) is 22.6 Å². The third kappa shape index (κ3) is 3.80. The van der Waals surface area contributed by atoms with E-state index in [4.69, 9.17) is 4.74 Å². The minimum absolute atomic E-state index is 0.157. The van der Waals surface area contributed by atoms with Crippen molar-refractivity contribution in [3.63, 3.8) is 0 Å². The summed E-state index contributed by atoms with van der Waals surface area (Å²) in [5.41, 5.74) is 1.38. The fourth-order valence-electron chi connectivity index (χ4n) is 3.41. The first-order chi connectivity index (χ1) is 14.0. The number of fused-ring (bicyclic) bond motifs is 1. The van der Waals surface area contributed by atoms with Crippen LogP contribution in [-0.2, 0) is 14.6 Å². The van der Waals surface area contributed by atoms with Crippen molar-refractivity contribution in [2.45, 2.75) is 35.5 Å². The van der Waals surface area contributed by atoms with Gasteiger partial charge in [0.2, 0.25) is 15.7 Å². The highest BCUT2D eigenvalue weighted by atomic mass is 32.2. The van der Waals surface area contributed by atoms with Gasteiger partial charge in [0.25, 0.3) is 0 Å². The number of hydrogen-bond donors (Lipinski definition) is 1. The Labute approximate surface area is 174 Å². The lowest BCUT2D eigenvalue weighted by Gasteiger charge is -2.24. The molecule has 1 aromatic heterocycles. The summed E-state index contributed by atoms with van der Waals surface area (Å²) in [5, 5.41) is 4.42. The largest absolute Gasteiger partial charge is 0.494 e. The van der Waals surface area contributed by atoms with Gasteiger partial charge in [0.1, 0.15) is 10.6 Å². The van der Waals surface area contributed by atoms with Gasteiger partial charge in [-0.3, -0.25) is 4.79 Å². The minimum Gasteiger partial charge on any atom is -0.494 e. The lowest BCUT2D eigenvalue weighted by atomic mass is 9.90. The first kappa shape index (κ1) is 19.7. The monoisotopic (exact) mass is 427 g/mol. The maximum absolute atomic E-state index is 13.1. The van der Waals surface area contributed by atoms with E-state index in [0.29, 0.717) is 12.3 Å². The average molecular weight is 428 g/mol. The first-order valence-corrected chi connectivity index (χ1v) is 11.8. The second-order valence-corrected chi connectivity index (χ2v) is 9.71. The zero-order chi connectivity index (χ0) is 20.4. The number of sulfone groups is 1. The zero-order valence-electron chi connectivity index (χ0n) is 15.9. The van der Waals surface area contributed by atoms with Crippen LogP contribution in [-0.4, -0.2) is 20.9 Å². The van der Waals surface area contributed by atoms with E-state index in [1.807, 2.05) is 24.3 Å². The van der Waals surface area contributed by atoms with Crippen molar-refractivity contribution < 1.29 is 17.9 Å². The number of anilines is 1. The summed E-state index contributed by atoms with van der Waals surface area (Å²) >= 11 is 1.37. The van der Waals surface area contributed by atoms with Crippen LogP contribution in [0.1, 0.15) is 36.1 Å². The highest BCUT2D eigenvalue weighted by Gasteiger charge is 2.34. The average Bonchev–Trinajstić information content (AvgIpc) is 3.17. The fraction of sp³-hybridized carbons (Fsp3) is 0.227. The standard InChI is InChI=1S/C22H21NO4S2/c1-2-12-27-16-10-8-15(9-11-16)18-13-20(24)23-21-19(14-28-22(18)21)29(25,26)17-6-4-3-5-7-17/h3-11,14,18H,2,12-13H2,1H3,(H,23,24). The molecule has 0 radical (unpaired) electrons. The van der Waals surface area contributed by atoms with Crippen molar-refractivity contribution in [2.75, 3.05) is 11.9 Å². The third-order valence-corrected chi connectivity index (χ3v) is 7.89. The molecule has 3 aromatic rings. The van der Waals surface area contributed by atoms with Crippen LogP contribution in [0.15, 0.2) is 69.8 Å². The summed E-state index contributed by atoms with van der Waals surface area (Å²) in [5.74, 6) is 0.426. The van der Waals surface area contributed by atoms with Gasteiger partial charge in [-0.2, -0.15) is 0 Å². The van der Waals surface area contributed by atoms with Crippen LogP contribution in [0.2, 0.25) is 0 Å². The first-order valence-electron chi connectivity index (χ1n) is 9.45. The Morgan fingerprint density at radius 1 is 1.10 bits per heavy atom. The number of nitrogens with one attached hydrogen (secondary N) is 1. The Balaban J connectivity index is 1.71. The Kier molecular flexibility index (Phi) is 5.43. The quantitative estimate of drug-likeness (QED) is 0.611. The van der Waals surface area contributed by atoms with Crippen LogP contribution in [0.25, 0.3) is 0 Å². The van der Waals surface area contributed by atoms with E-state index in [-0.39, 0.29) is 28.0 Å². The number of ether oxygens (including phenoxy) is 1. The number of carbonyl (C=O) groups excluding carboxylic acids is 1. The smallest absolute Gasteiger partial charge is 0.225 e. The SMILES string of the molecule is CCCOc1ccc(C2CC(=O)Nc3c(S(=O)(=O)c4ccccc4)csc32)cc1. The van der Waals surface area contributed by atoms with Crippen LogP contribution >= 0.6 is 11.3 Å². The molecule has 1 aliphatic rings. The molecule has 0 bridgehead atoms. The number of amides is 1. The topological polar surface area (TPSA) is 72.5 Å². The Morgan fingerprint density at radius 2 is 1.83 bits per heavy atom. The van der Waals surface area contributed by atoms with Crippen LogP contribution < -0.4 is 10.1 Å². The molecule has 0 spiro atoms. The van der Waals surface area contributed by atoms with E-state index in [1.165, 1.54) is 11.3 Å². The molecule has 1 unspecified atom stereocenters. The molecule has 1 aliphatic heterocycles. The van der Waals surface area contributed by atoms with Crippen molar-refractivity contribution in [1.29, 1.82) is 0 Å². The van der Waals surface area contributed by atoms with Gasteiger partial charge >= 0.3 is 0 Å². The van der Waals surface area contributed by atoms with Gasteiger partial charge in [-0.25, -0.2) is 8.42 Å². The Hall–Kier alpha value is -2.64. The molecule has 0 aliphatic carbocycles. The summed E-state index contributed by atoms with van der Waals surface area (Å²) in [6.45, 7) is 2.70. The molecule has 5 nitrogen and oxygen atoms in total. The maximum atomic E-state index is 13.1. The molecule has 2 heterocycles. The summed E-state index contributed by atoms with van der Waals surface area (Å²) in [6, 6.07) is 16.0. The van der Waals surface area contributed by atoms with Gasteiger partial charge in [-0.1, -0.05) is 37.3 Å². The van der Waals surface area contributed by atoms with Crippen molar-refractivity contribution in [2.24, 2.45) is 0 Å². The molecule has 0 fully saturated rings. The minimum atomic E-state index is -3.71. The molecule has 7 heteroatoms. The molecular weight excluding hydrogens is 406 g/mol. The second-order valence-electron chi connectivity index (χ2n) is 6.88. The van der Waals surface area contributed by atoms with Crippen LogP contribution in [0.5, 0.6) is 5.75 Å². The van der Waals surface area contributed by atoms with E-state index in [2.05, 4.69) is 12.2 Å². The van der Waals surface area contributed by atoms with E-state index < -0.39 is 9.84 Å². The molecule has 1 atom stereocenters. The van der Waals surface area contributed by atoms with Crippen molar-refractivity contribution in [3.05, 3.63) is 70.4 Å². The number of carbonyl (C=O) groups is 1. The lowest BCUT2D eigenvalue weighted by molar-refractivity contribution is -0.116. The van der Waals surface area contributed by atoms with Crippen LogP contribution in [0, 0.1) is 0 Å². The second kappa shape index (κ2) is 8.00. The molecule has 150 valence electrons. The molecule has 0 saturated carbocycles. The normalized spacial score (nSPS) is 16.2.